The van der Waals surface area contributed by atoms with Gasteiger partial charge in [-0.05, 0) is 47.2 Å². The van der Waals surface area contributed by atoms with Gasteiger partial charge in [0.2, 0.25) is 0 Å². The Morgan fingerprint density at radius 3 is 2.70 bits per heavy atom. The lowest BCUT2D eigenvalue weighted by atomic mass is 10.1. The topological polar surface area (TPSA) is 78.4 Å². The first-order chi connectivity index (χ1) is 9.42. The maximum atomic E-state index is 11.9. The Hall–Kier alpha value is -1.02. The highest BCUT2D eigenvalue weighted by molar-refractivity contribution is 14.1. The Labute approximate surface area is 136 Å². The molecule has 0 saturated heterocycles. The zero-order valence-electron chi connectivity index (χ0n) is 11.0. The fraction of sp³-hybridized carbons (Fsp3) is 0.385. The van der Waals surface area contributed by atoms with Crippen molar-refractivity contribution in [2.75, 3.05) is 5.32 Å². The van der Waals surface area contributed by atoms with E-state index < -0.39 is 12.0 Å². The van der Waals surface area contributed by atoms with Crippen LogP contribution >= 0.6 is 34.2 Å². The van der Waals surface area contributed by atoms with Gasteiger partial charge < -0.3 is 15.7 Å². The lowest BCUT2D eigenvalue weighted by Gasteiger charge is -2.17. The molecule has 0 aromatic heterocycles. The number of anilines is 1. The third-order valence-corrected chi connectivity index (χ3v) is 3.70. The SMILES string of the molecule is CCCC(CC(=O)O)NC(=O)Nc1ccc(Cl)cc1I. The Kier molecular flexibility index (Phi) is 7.08. The molecule has 20 heavy (non-hydrogen) atoms. The highest BCUT2D eigenvalue weighted by Crippen LogP contribution is 2.22. The Balaban J connectivity index is 2.62. The second kappa shape index (κ2) is 8.31. The number of halogens is 2. The standard InChI is InChI=1S/C13H16ClIN2O3/c1-2-3-9(7-12(18)19)16-13(20)17-11-5-4-8(14)6-10(11)15/h4-6,9H,2-3,7H2,1H3,(H,18,19)(H2,16,17,20). The number of carbonyl (C=O) groups is 2. The first-order valence-corrected chi connectivity index (χ1v) is 7.62. The third-order valence-electron chi connectivity index (χ3n) is 2.57. The zero-order chi connectivity index (χ0) is 15.1. The summed E-state index contributed by atoms with van der Waals surface area (Å²) in [7, 11) is 0. The summed E-state index contributed by atoms with van der Waals surface area (Å²) in [6, 6.07) is 4.33. The van der Waals surface area contributed by atoms with E-state index in [1.807, 2.05) is 6.92 Å². The van der Waals surface area contributed by atoms with E-state index in [1.165, 1.54) is 0 Å². The van der Waals surface area contributed by atoms with E-state index >= 15 is 0 Å². The number of hydrogen-bond acceptors (Lipinski definition) is 2. The largest absolute Gasteiger partial charge is 0.481 e. The van der Waals surface area contributed by atoms with Crippen LogP contribution < -0.4 is 10.6 Å². The average molecular weight is 411 g/mol. The molecule has 0 heterocycles. The molecule has 7 heteroatoms. The van der Waals surface area contributed by atoms with Crippen molar-refractivity contribution in [1.29, 1.82) is 0 Å². The van der Waals surface area contributed by atoms with Crippen molar-refractivity contribution in [3.05, 3.63) is 26.8 Å². The summed E-state index contributed by atoms with van der Waals surface area (Å²) in [5.41, 5.74) is 0.637. The maximum Gasteiger partial charge on any atom is 0.319 e. The summed E-state index contributed by atoms with van der Waals surface area (Å²) in [4.78, 5) is 22.6. The molecule has 0 aliphatic carbocycles. The number of nitrogens with one attached hydrogen (secondary N) is 2. The van der Waals surface area contributed by atoms with E-state index in [0.717, 1.165) is 9.99 Å². The molecule has 0 aliphatic heterocycles. The van der Waals surface area contributed by atoms with Crippen molar-refractivity contribution in [3.63, 3.8) is 0 Å². The van der Waals surface area contributed by atoms with Gasteiger partial charge in [0.25, 0.3) is 0 Å². The molecule has 1 unspecified atom stereocenters. The quantitative estimate of drug-likeness (QED) is 0.626. The molecule has 0 spiro atoms. The van der Waals surface area contributed by atoms with Crippen LogP contribution in [0.1, 0.15) is 26.2 Å². The van der Waals surface area contributed by atoms with Gasteiger partial charge in [-0.2, -0.15) is 0 Å². The molecule has 3 N–H and O–H groups in total. The minimum absolute atomic E-state index is 0.0844. The predicted molar refractivity (Wildman–Crippen MR) is 87.3 cm³/mol. The smallest absolute Gasteiger partial charge is 0.319 e. The number of hydrogen-bond donors (Lipinski definition) is 3. The van der Waals surface area contributed by atoms with E-state index in [4.69, 9.17) is 16.7 Å². The summed E-state index contributed by atoms with van der Waals surface area (Å²) >= 11 is 7.91. The average Bonchev–Trinajstić information content (AvgIpc) is 2.32. The molecule has 0 saturated carbocycles. The molecule has 110 valence electrons. The molecule has 1 aromatic rings. The monoisotopic (exact) mass is 410 g/mol. The van der Waals surface area contributed by atoms with Gasteiger partial charge in [0.05, 0.1) is 12.1 Å². The molecule has 1 rings (SSSR count). The summed E-state index contributed by atoms with van der Waals surface area (Å²) in [6.07, 6.45) is 1.34. The van der Waals surface area contributed by atoms with E-state index in [9.17, 15) is 9.59 Å². The lowest BCUT2D eigenvalue weighted by molar-refractivity contribution is -0.137. The highest BCUT2D eigenvalue weighted by Gasteiger charge is 2.15. The first-order valence-electron chi connectivity index (χ1n) is 6.16. The van der Waals surface area contributed by atoms with Crippen molar-refractivity contribution in [3.8, 4) is 0 Å². The molecule has 0 fully saturated rings. The molecule has 0 bridgehead atoms. The van der Waals surface area contributed by atoms with E-state index in [1.54, 1.807) is 18.2 Å². The second-order valence-electron chi connectivity index (χ2n) is 4.31. The number of carboxylic acid groups (broad SMARTS) is 1. The highest BCUT2D eigenvalue weighted by atomic mass is 127. The zero-order valence-corrected chi connectivity index (χ0v) is 13.9. The Morgan fingerprint density at radius 2 is 2.15 bits per heavy atom. The molecule has 0 aliphatic rings. The van der Waals surface area contributed by atoms with Crippen molar-refractivity contribution >= 4 is 51.9 Å². The van der Waals surface area contributed by atoms with Crippen molar-refractivity contribution in [2.45, 2.75) is 32.2 Å². The number of urea groups is 1. The number of aliphatic carboxylic acids is 1. The van der Waals surface area contributed by atoms with Crippen LogP contribution in [0.5, 0.6) is 0 Å². The van der Waals surface area contributed by atoms with Crippen LogP contribution in [0.4, 0.5) is 10.5 Å². The predicted octanol–water partition coefficient (Wildman–Crippen LogP) is 3.71. The van der Waals surface area contributed by atoms with Crippen LogP contribution in [0.15, 0.2) is 18.2 Å². The number of carboxylic acids is 1. The molecule has 2 amide bonds. The number of amides is 2. The van der Waals surface area contributed by atoms with Crippen LogP contribution in [-0.2, 0) is 4.79 Å². The van der Waals surface area contributed by atoms with Crippen LogP contribution in [0, 0.1) is 3.57 Å². The van der Waals surface area contributed by atoms with E-state index in [-0.39, 0.29) is 12.5 Å². The first kappa shape index (κ1) is 17.0. The van der Waals surface area contributed by atoms with Crippen molar-refractivity contribution < 1.29 is 14.7 Å². The molecule has 1 aromatic carbocycles. The van der Waals surface area contributed by atoms with Crippen LogP contribution in [0.2, 0.25) is 5.02 Å². The van der Waals surface area contributed by atoms with E-state index in [2.05, 4.69) is 33.2 Å². The summed E-state index contributed by atoms with van der Waals surface area (Å²) in [5.74, 6) is -0.926. The third kappa shape index (κ3) is 5.96. The minimum Gasteiger partial charge on any atom is -0.481 e. The van der Waals surface area contributed by atoms with Crippen molar-refractivity contribution in [1.82, 2.24) is 5.32 Å². The number of rotatable bonds is 6. The molecule has 5 nitrogen and oxygen atoms in total. The van der Waals surface area contributed by atoms with Crippen molar-refractivity contribution in [2.24, 2.45) is 0 Å². The van der Waals surface area contributed by atoms with Gasteiger partial charge >= 0.3 is 12.0 Å². The van der Waals surface area contributed by atoms with Gasteiger partial charge in [-0.1, -0.05) is 24.9 Å². The van der Waals surface area contributed by atoms with Gasteiger partial charge in [0.1, 0.15) is 0 Å². The normalized spacial score (nSPS) is 11.8. The molecular formula is C13H16ClIN2O3. The minimum atomic E-state index is -0.926. The Morgan fingerprint density at radius 1 is 1.45 bits per heavy atom. The fourth-order valence-corrected chi connectivity index (χ4v) is 2.73. The molecule has 1 atom stereocenters. The van der Waals surface area contributed by atoms with Gasteiger partial charge in [-0.15, -0.1) is 0 Å². The van der Waals surface area contributed by atoms with Crippen LogP contribution in [-0.4, -0.2) is 23.1 Å². The van der Waals surface area contributed by atoms with Gasteiger partial charge in [0, 0.05) is 14.6 Å². The van der Waals surface area contributed by atoms with E-state index in [0.29, 0.717) is 17.1 Å². The lowest BCUT2D eigenvalue weighted by Crippen LogP contribution is -2.39. The molecule has 0 radical (unpaired) electrons. The summed E-state index contributed by atoms with van der Waals surface area (Å²) in [6.45, 7) is 1.94. The summed E-state index contributed by atoms with van der Waals surface area (Å²) < 4.78 is 0.815. The number of benzene rings is 1. The maximum absolute atomic E-state index is 11.9. The van der Waals surface area contributed by atoms with Gasteiger partial charge in [0.15, 0.2) is 0 Å². The van der Waals surface area contributed by atoms with Crippen LogP contribution in [0.3, 0.4) is 0 Å². The number of carbonyl (C=O) groups excluding carboxylic acids is 1. The molecular weight excluding hydrogens is 395 g/mol. The summed E-state index contributed by atoms with van der Waals surface area (Å²) in [5, 5.41) is 14.8. The van der Waals surface area contributed by atoms with Crippen LogP contribution in [0.25, 0.3) is 0 Å². The van der Waals surface area contributed by atoms with Gasteiger partial charge in [-0.3, -0.25) is 4.79 Å². The Bertz CT molecular complexity index is 497. The fourth-order valence-electron chi connectivity index (χ4n) is 1.72. The second-order valence-corrected chi connectivity index (χ2v) is 5.90. The van der Waals surface area contributed by atoms with Gasteiger partial charge in [-0.25, -0.2) is 4.79 Å².